The van der Waals surface area contributed by atoms with E-state index in [-0.39, 0.29) is 11.7 Å². The molecule has 0 saturated carbocycles. The number of benzene rings is 2. The van der Waals surface area contributed by atoms with Crippen molar-refractivity contribution in [2.24, 2.45) is 5.10 Å². The van der Waals surface area contributed by atoms with E-state index in [9.17, 15) is 9.90 Å². The summed E-state index contributed by atoms with van der Waals surface area (Å²) in [5, 5.41) is 13.2. The van der Waals surface area contributed by atoms with Gasteiger partial charge in [-0.05, 0) is 35.2 Å². The highest BCUT2D eigenvalue weighted by Gasteiger charge is 2.04. The molecular formula is C17H18N2O2. The number of phenols is 1. The second-order valence-corrected chi connectivity index (χ2v) is 5.07. The number of amides is 1. The van der Waals surface area contributed by atoms with E-state index < -0.39 is 0 Å². The Morgan fingerprint density at radius 1 is 1.19 bits per heavy atom. The topological polar surface area (TPSA) is 61.7 Å². The standard InChI is InChI=1S/C17H18N2O2/c1-12(2)14-8-6-13(7-9-14)11-18-19-17(21)15-4-3-5-16(20)10-15/h3-12,20H,1-2H3,(H,19,21)/b18-11-. The van der Waals surface area contributed by atoms with Gasteiger partial charge >= 0.3 is 0 Å². The molecule has 2 aromatic carbocycles. The molecule has 0 aromatic heterocycles. The molecule has 0 bridgehead atoms. The number of carbonyl (C=O) groups excluding carboxylic acids is 1. The first-order chi connectivity index (χ1) is 10.1. The molecule has 0 aliphatic carbocycles. The van der Waals surface area contributed by atoms with Gasteiger partial charge in [0.25, 0.3) is 5.91 Å². The second-order valence-electron chi connectivity index (χ2n) is 5.07. The van der Waals surface area contributed by atoms with Crippen LogP contribution in [0.5, 0.6) is 5.75 Å². The lowest BCUT2D eigenvalue weighted by molar-refractivity contribution is 0.0954. The molecule has 0 saturated heterocycles. The minimum absolute atomic E-state index is 0.0518. The zero-order valence-electron chi connectivity index (χ0n) is 12.1. The van der Waals surface area contributed by atoms with Crippen LogP contribution in [0.4, 0.5) is 0 Å². The number of aromatic hydroxyl groups is 1. The highest BCUT2D eigenvalue weighted by molar-refractivity contribution is 5.95. The number of hydrazone groups is 1. The molecule has 0 heterocycles. The summed E-state index contributed by atoms with van der Waals surface area (Å²) in [5.74, 6) is 0.179. The van der Waals surface area contributed by atoms with Gasteiger partial charge in [-0.2, -0.15) is 5.10 Å². The Morgan fingerprint density at radius 3 is 2.52 bits per heavy atom. The lowest BCUT2D eigenvalue weighted by Gasteiger charge is -2.04. The molecule has 0 radical (unpaired) electrons. The van der Waals surface area contributed by atoms with Gasteiger partial charge in [-0.15, -0.1) is 0 Å². The van der Waals surface area contributed by atoms with Gasteiger partial charge < -0.3 is 5.11 Å². The molecule has 0 atom stereocenters. The fourth-order valence-electron chi connectivity index (χ4n) is 1.84. The summed E-state index contributed by atoms with van der Waals surface area (Å²) < 4.78 is 0. The molecule has 21 heavy (non-hydrogen) atoms. The van der Waals surface area contributed by atoms with Gasteiger partial charge in [-0.3, -0.25) is 4.79 Å². The van der Waals surface area contributed by atoms with Gasteiger partial charge in [0.05, 0.1) is 6.21 Å². The maximum Gasteiger partial charge on any atom is 0.271 e. The Labute approximate surface area is 124 Å². The molecule has 0 aliphatic heterocycles. The molecule has 0 fully saturated rings. The third-order valence-corrected chi connectivity index (χ3v) is 3.09. The van der Waals surface area contributed by atoms with E-state index in [1.807, 2.05) is 24.3 Å². The molecule has 0 aliphatic rings. The van der Waals surface area contributed by atoms with E-state index in [2.05, 4.69) is 24.4 Å². The Kier molecular flexibility index (Phi) is 4.72. The zero-order valence-corrected chi connectivity index (χ0v) is 12.1. The molecule has 2 N–H and O–H groups in total. The van der Waals surface area contributed by atoms with Gasteiger partial charge in [0, 0.05) is 5.56 Å². The monoisotopic (exact) mass is 282 g/mol. The van der Waals surface area contributed by atoms with E-state index in [0.717, 1.165) is 5.56 Å². The summed E-state index contributed by atoms with van der Waals surface area (Å²) in [7, 11) is 0. The Hall–Kier alpha value is -2.62. The molecule has 2 rings (SSSR count). The van der Waals surface area contributed by atoms with Crippen molar-refractivity contribution in [1.82, 2.24) is 5.43 Å². The van der Waals surface area contributed by atoms with Crippen LogP contribution in [0.25, 0.3) is 0 Å². The maximum atomic E-state index is 11.8. The van der Waals surface area contributed by atoms with Crippen molar-refractivity contribution in [3.05, 3.63) is 65.2 Å². The fraction of sp³-hybridized carbons (Fsp3) is 0.176. The number of nitrogens with zero attached hydrogens (tertiary/aromatic N) is 1. The van der Waals surface area contributed by atoms with Gasteiger partial charge in [0.2, 0.25) is 0 Å². The summed E-state index contributed by atoms with van der Waals surface area (Å²) in [6.07, 6.45) is 1.59. The average Bonchev–Trinajstić information content (AvgIpc) is 2.47. The van der Waals surface area contributed by atoms with Crippen molar-refractivity contribution in [1.29, 1.82) is 0 Å². The molecule has 4 heteroatoms. The van der Waals surface area contributed by atoms with Crippen molar-refractivity contribution in [3.63, 3.8) is 0 Å². The van der Waals surface area contributed by atoms with E-state index in [1.54, 1.807) is 18.3 Å². The Balaban J connectivity index is 1.97. The summed E-state index contributed by atoms with van der Waals surface area (Å²) in [6.45, 7) is 4.27. The number of hydrogen-bond donors (Lipinski definition) is 2. The normalized spacial score (nSPS) is 11.0. The molecule has 2 aromatic rings. The van der Waals surface area contributed by atoms with Crippen LogP contribution >= 0.6 is 0 Å². The number of phenolic OH excluding ortho intramolecular Hbond substituents is 1. The molecule has 108 valence electrons. The molecular weight excluding hydrogens is 264 g/mol. The van der Waals surface area contributed by atoms with Crippen LogP contribution in [0.15, 0.2) is 53.6 Å². The quantitative estimate of drug-likeness (QED) is 0.667. The first kappa shape index (κ1) is 14.8. The van der Waals surface area contributed by atoms with Crippen LogP contribution in [0.1, 0.15) is 41.3 Å². The fourth-order valence-corrected chi connectivity index (χ4v) is 1.84. The predicted octanol–water partition coefficient (Wildman–Crippen LogP) is 3.28. The van der Waals surface area contributed by atoms with Crippen molar-refractivity contribution in [2.75, 3.05) is 0 Å². The van der Waals surface area contributed by atoms with Crippen molar-refractivity contribution < 1.29 is 9.90 Å². The van der Waals surface area contributed by atoms with Crippen molar-refractivity contribution in [3.8, 4) is 5.75 Å². The van der Waals surface area contributed by atoms with E-state index in [4.69, 9.17) is 0 Å². The van der Waals surface area contributed by atoms with Crippen molar-refractivity contribution >= 4 is 12.1 Å². The Morgan fingerprint density at radius 2 is 1.90 bits per heavy atom. The first-order valence-electron chi connectivity index (χ1n) is 6.78. The van der Waals surface area contributed by atoms with Crippen LogP contribution in [0.2, 0.25) is 0 Å². The highest BCUT2D eigenvalue weighted by atomic mass is 16.3. The van der Waals surface area contributed by atoms with Crippen LogP contribution in [0.3, 0.4) is 0 Å². The van der Waals surface area contributed by atoms with Gasteiger partial charge in [0.1, 0.15) is 5.75 Å². The minimum Gasteiger partial charge on any atom is -0.508 e. The lowest BCUT2D eigenvalue weighted by atomic mass is 10.0. The number of carbonyl (C=O) groups is 1. The second kappa shape index (κ2) is 6.70. The zero-order chi connectivity index (χ0) is 15.2. The largest absolute Gasteiger partial charge is 0.508 e. The van der Waals surface area contributed by atoms with Crippen molar-refractivity contribution in [2.45, 2.75) is 19.8 Å². The van der Waals surface area contributed by atoms with Gasteiger partial charge in [-0.1, -0.05) is 44.2 Å². The van der Waals surface area contributed by atoms with E-state index >= 15 is 0 Å². The molecule has 0 spiro atoms. The maximum absolute atomic E-state index is 11.8. The smallest absolute Gasteiger partial charge is 0.271 e. The lowest BCUT2D eigenvalue weighted by Crippen LogP contribution is -2.17. The molecule has 1 amide bonds. The highest BCUT2D eigenvalue weighted by Crippen LogP contribution is 2.14. The molecule has 0 unspecified atom stereocenters. The van der Waals surface area contributed by atoms with Crippen LogP contribution in [-0.2, 0) is 0 Å². The third-order valence-electron chi connectivity index (χ3n) is 3.09. The summed E-state index contributed by atoms with van der Waals surface area (Å²) in [5.41, 5.74) is 4.97. The van der Waals surface area contributed by atoms with Crippen LogP contribution < -0.4 is 5.43 Å². The van der Waals surface area contributed by atoms with Crippen LogP contribution in [-0.4, -0.2) is 17.2 Å². The number of hydrogen-bond acceptors (Lipinski definition) is 3. The average molecular weight is 282 g/mol. The first-order valence-corrected chi connectivity index (χ1v) is 6.78. The molecule has 4 nitrogen and oxygen atoms in total. The van der Waals surface area contributed by atoms with E-state index in [0.29, 0.717) is 11.5 Å². The van der Waals surface area contributed by atoms with Gasteiger partial charge in [-0.25, -0.2) is 5.43 Å². The SMILES string of the molecule is CC(C)c1ccc(/C=N\NC(=O)c2cccc(O)c2)cc1. The Bertz CT molecular complexity index is 646. The number of nitrogens with one attached hydrogen (secondary N) is 1. The van der Waals surface area contributed by atoms with Gasteiger partial charge in [0.15, 0.2) is 0 Å². The summed E-state index contributed by atoms with van der Waals surface area (Å²) >= 11 is 0. The predicted molar refractivity (Wildman–Crippen MR) is 83.7 cm³/mol. The van der Waals surface area contributed by atoms with E-state index in [1.165, 1.54) is 17.7 Å². The summed E-state index contributed by atoms with van der Waals surface area (Å²) in [4.78, 5) is 11.8. The summed E-state index contributed by atoms with van der Waals surface area (Å²) in [6, 6.07) is 14.1. The minimum atomic E-state index is -0.360. The third kappa shape index (κ3) is 4.18. The number of rotatable bonds is 4. The van der Waals surface area contributed by atoms with Crippen LogP contribution in [0, 0.1) is 0 Å².